The Bertz CT molecular complexity index is 1070. The van der Waals surface area contributed by atoms with Crippen molar-refractivity contribution in [1.82, 2.24) is 9.78 Å². The Labute approximate surface area is 177 Å². The van der Waals surface area contributed by atoms with Gasteiger partial charge in [0.15, 0.2) is 0 Å². The van der Waals surface area contributed by atoms with E-state index in [0.717, 1.165) is 33.8 Å². The molecule has 6 nitrogen and oxygen atoms in total. The minimum atomic E-state index is -0.565. The van der Waals surface area contributed by atoms with Crippen molar-refractivity contribution in [2.45, 2.75) is 11.8 Å². The summed E-state index contributed by atoms with van der Waals surface area (Å²) in [5.74, 6) is 0. The number of allylic oxidation sites excluding steroid dienone is 1. The maximum atomic E-state index is 12.0. The first kappa shape index (κ1) is 19.8. The molecule has 1 amide bonds. The number of primary amides is 1. The molecule has 1 heterocycles. The molecular formula is C24H27N5O. The maximum absolute atomic E-state index is 12.0. The Kier molecular flexibility index (Phi) is 4.86. The molecule has 1 aliphatic carbocycles. The zero-order chi connectivity index (χ0) is 21.5. The van der Waals surface area contributed by atoms with E-state index in [1.807, 2.05) is 28.2 Å². The van der Waals surface area contributed by atoms with E-state index in [2.05, 4.69) is 75.6 Å². The van der Waals surface area contributed by atoms with E-state index in [4.69, 9.17) is 5.73 Å². The topological polar surface area (TPSA) is 67.4 Å². The number of carbonyl (C=O) groups excluding carboxylic acids is 1. The summed E-state index contributed by atoms with van der Waals surface area (Å²) in [6.45, 7) is 0. The number of carbonyl (C=O) groups is 1. The maximum Gasteiger partial charge on any atom is 0.339 e. The third-order valence-corrected chi connectivity index (χ3v) is 5.86. The van der Waals surface area contributed by atoms with E-state index in [0.29, 0.717) is 6.42 Å². The first-order valence-corrected chi connectivity index (χ1v) is 9.93. The Morgan fingerprint density at radius 3 is 2.07 bits per heavy atom. The number of hydrogen-bond acceptors (Lipinski definition) is 4. The molecule has 0 bridgehead atoms. The van der Waals surface area contributed by atoms with Gasteiger partial charge in [0, 0.05) is 57.0 Å². The molecule has 30 heavy (non-hydrogen) atoms. The van der Waals surface area contributed by atoms with Crippen LogP contribution in [0, 0.1) is 0 Å². The van der Waals surface area contributed by atoms with Crippen LogP contribution in [-0.2, 0) is 11.8 Å². The summed E-state index contributed by atoms with van der Waals surface area (Å²) in [6, 6.07) is 16.5. The second-order valence-electron chi connectivity index (χ2n) is 8.17. The quantitative estimate of drug-likeness (QED) is 0.727. The number of fused-ring (bicyclic) bond motifs is 1. The highest BCUT2D eigenvalue weighted by Crippen LogP contribution is 2.43. The van der Waals surface area contributed by atoms with E-state index in [-0.39, 0.29) is 0 Å². The molecule has 2 N–H and O–H groups in total. The zero-order valence-corrected chi connectivity index (χ0v) is 17.8. The molecule has 3 aromatic rings. The Hall–Kier alpha value is -3.54. The summed E-state index contributed by atoms with van der Waals surface area (Å²) in [6.07, 6.45) is 6.57. The van der Waals surface area contributed by atoms with Crippen LogP contribution in [0.2, 0.25) is 0 Å². The lowest BCUT2D eigenvalue weighted by Crippen LogP contribution is -2.34. The summed E-state index contributed by atoms with van der Waals surface area (Å²) in [7, 11) is 8.15. The Morgan fingerprint density at radius 2 is 1.57 bits per heavy atom. The monoisotopic (exact) mass is 401 g/mol. The SMILES string of the molecule is CN(C)c1cccc(C2(c3cccc(N(C)C)c3)C=Cc3cnn(C(N)=O)c3C2)c1. The van der Waals surface area contributed by atoms with Gasteiger partial charge >= 0.3 is 6.03 Å². The summed E-state index contributed by atoms with van der Waals surface area (Å²) in [5, 5.41) is 4.22. The molecule has 1 aliphatic rings. The normalized spacial score (nSPS) is 14.3. The van der Waals surface area contributed by atoms with Crippen molar-refractivity contribution < 1.29 is 4.79 Å². The van der Waals surface area contributed by atoms with E-state index in [1.54, 1.807) is 6.20 Å². The van der Waals surface area contributed by atoms with Crippen molar-refractivity contribution in [3.05, 3.63) is 83.2 Å². The average Bonchev–Trinajstić information content (AvgIpc) is 3.17. The second kappa shape index (κ2) is 7.37. The highest BCUT2D eigenvalue weighted by molar-refractivity contribution is 5.77. The van der Waals surface area contributed by atoms with Gasteiger partial charge in [0.05, 0.1) is 11.9 Å². The van der Waals surface area contributed by atoms with Gasteiger partial charge in [-0.1, -0.05) is 36.4 Å². The van der Waals surface area contributed by atoms with Gasteiger partial charge in [0.25, 0.3) is 0 Å². The van der Waals surface area contributed by atoms with Crippen LogP contribution in [0.15, 0.2) is 60.8 Å². The number of aromatic nitrogens is 2. The molecule has 0 unspecified atom stereocenters. The van der Waals surface area contributed by atoms with Gasteiger partial charge in [-0.25, -0.2) is 4.79 Å². The number of anilines is 2. The van der Waals surface area contributed by atoms with Gasteiger partial charge in [0.2, 0.25) is 0 Å². The summed E-state index contributed by atoms with van der Waals surface area (Å²) in [4.78, 5) is 16.2. The molecule has 6 heteroatoms. The van der Waals surface area contributed by atoms with Crippen molar-refractivity contribution in [3.8, 4) is 0 Å². The molecule has 0 saturated heterocycles. The van der Waals surface area contributed by atoms with Crippen molar-refractivity contribution in [2.24, 2.45) is 5.73 Å². The van der Waals surface area contributed by atoms with Crippen LogP contribution in [-0.4, -0.2) is 44.0 Å². The molecule has 2 aromatic carbocycles. The smallest absolute Gasteiger partial charge is 0.339 e. The average molecular weight is 402 g/mol. The molecule has 154 valence electrons. The second-order valence-corrected chi connectivity index (χ2v) is 8.17. The van der Waals surface area contributed by atoms with Crippen LogP contribution in [0.3, 0.4) is 0 Å². The summed E-state index contributed by atoms with van der Waals surface area (Å²) in [5.41, 5.74) is 11.5. The fraction of sp³-hybridized carbons (Fsp3) is 0.250. The predicted molar refractivity (Wildman–Crippen MR) is 122 cm³/mol. The van der Waals surface area contributed by atoms with Crippen LogP contribution in [0.25, 0.3) is 6.08 Å². The molecule has 0 aliphatic heterocycles. The summed E-state index contributed by atoms with van der Waals surface area (Å²) < 4.78 is 1.32. The van der Waals surface area contributed by atoms with Crippen molar-refractivity contribution in [1.29, 1.82) is 0 Å². The van der Waals surface area contributed by atoms with Crippen LogP contribution in [0.4, 0.5) is 16.2 Å². The summed E-state index contributed by atoms with van der Waals surface area (Å²) >= 11 is 0. The first-order valence-electron chi connectivity index (χ1n) is 9.93. The van der Waals surface area contributed by atoms with Gasteiger partial charge in [-0.2, -0.15) is 9.78 Å². The van der Waals surface area contributed by atoms with E-state index >= 15 is 0 Å². The van der Waals surface area contributed by atoms with Gasteiger partial charge in [0.1, 0.15) is 0 Å². The lowest BCUT2D eigenvalue weighted by Gasteiger charge is -2.36. The number of amides is 1. The molecule has 0 fully saturated rings. The van der Waals surface area contributed by atoms with Crippen LogP contribution >= 0.6 is 0 Å². The van der Waals surface area contributed by atoms with Gasteiger partial charge in [-0.15, -0.1) is 0 Å². The first-order chi connectivity index (χ1) is 14.3. The van der Waals surface area contributed by atoms with Crippen molar-refractivity contribution >= 4 is 23.5 Å². The molecule has 0 saturated carbocycles. The number of rotatable bonds is 4. The third kappa shape index (κ3) is 3.24. The fourth-order valence-electron chi connectivity index (χ4n) is 4.13. The largest absolute Gasteiger partial charge is 0.378 e. The zero-order valence-electron chi connectivity index (χ0n) is 17.8. The van der Waals surface area contributed by atoms with Crippen LogP contribution in [0.5, 0.6) is 0 Å². The molecular weight excluding hydrogens is 374 g/mol. The van der Waals surface area contributed by atoms with Gasteiger partial charge < -0.3 is 15.5 Å². The minimum Gasteiger partial charge on any atom is -0.378 e. The number of nitrogens with zero attached hydrogens (tertiary/aromatic N) is 4. The molecule has 0 atom stereocenters. The number of hydrogen-bond donors (Lipinski definition) is 1. The molecule has 4 rings (SSSR count). The lowest BCUT2D eigenvalue weighted by atomic mass is 9.68. The van der Waals surface area contributed by atoms with Crippen molar-refractivity contribution in [2.75, 3.05) is 38.0 Å². The predicted octanol–water partition coefficient (Wildman–Crippen LogP) is 3.50. The van der Waals surface area contributed by atoms with E-state index < -0.39 is 11.4 Å². The lowest BCUT2D eigenvalue weighted by molar-refractivity contribution is 0.246. The third-order valence-electron chi connectivity index (χ3n) is 5.86. The standard InChI is InChI=1S/C24H27N5O/c1-27(2)20-9-5-7-18(13-20)24(19-8-6-10-21(14-19)28(3)4)12-11-17-16-26-29(23(25)30)22(17)15-24/h5-14,16H,15H2,1-4H3,(H2,25,30). The fourth-order valence-corrected chi connectivity index (χ4v) is 4.13. The van der Waals surface area contributed by atoms with Crippen LogP contribution in [0.1, 0.15) is 22.4 Å². The van der Waals surface area contributed by atoms with Gasteiger partial charge in [-0.05, 0) is 35.4 Å². The van der Waals surface area contributed by atoms with Crippen molar-refractivity contribution in [3.63, 3.8) is 0 Å². The highest BCUT2D eigenvalue weighted by Gasteiger charge is 2.37. The van der Waals surface area contributed by atoms with Crippen LogP contribution < -0.4 is 15.5 Å². The molecule has 0 spiro atoms. The Morgan fingerprint density at radius 1 is 1.00 bits per heavy atom. The number of benzene rings is 2. The molecule has 1 aromatic heterocycles. The number of nitrogens with two attached hydrogens (primary N) is 1. The van der Waals surface area contributed by atoms with E-state index in [9.17, 15) is 4.79 Å². The van der Waals surface area contributed by atoms with E-state index in [1.165, 1.54) is 4.68 Å². The Balaban J connectivity index is 1.95. The highest BCUT2D eigenvalue weighted by atomic mass is 16.2. The van der Waals surface area contributed by atoms with Gasteiger partial charge in [-0.3, -0.25) is 0 Å². The molecule has 0 radical (unpaired) electrons. The minimum absolute atomic E-state index is 0.446.